The molecule has 1 aliphatic rings. The second kappa shape index (κ2) is 7.32. The van der Waals surface area contributed by atoms with Gasteiger partial charge in [0.1, 0.15) is 12.1 Å². The Morgan fingerprint density at radius 2 is 1.81 bits per heavy atom. The van der Waals surface area contributed by atoms with Crippen molar-refractivity contribution < 1.29 is 9.66 Å². The van der Waals surface area contributed by atoms with Gasteiger partial charge >= 0.3 is 11.6 Å². The number of benzene rings is 2. The monoisotopic (exact) mass is 426 g/mol. The summed E-state index contributed by atoms with van der Waals surface area (Å²) in [5.74, 6) is 0.678. The number of anilines is 1. The highest BCUT2D eigenvalue weighted by Gasteiger charge is 2.30. The van der Waals surface area contributed by atoms with Crippen LogP contribution in [0, 0.1) is 10.1 Å². The first kappa shape index (κ1) is 17.4. The van der Waals surface area contributed by atoms with E-state index in [9.17, 15) is 10.1 Å². The van der Waals surface area contributed by atoms with Crippen LogP contribution in [0.15, 0.2) is 59.3 Å². The maximum Gasteiger partial charge on any atom is 0.373 e. The highest BCUT2D eigenvalue weighted by molar-refractivity contribution is 9.10. The average Bonchev–Trinajstić information content (AvgIpc) is 2.69. The smallest absolute Gasteiger partial charge is 0.373 e. The Labute approximate surface area is 163 Å². The third-order valence-electron chi connectivity index (χ3n) is 4.41. The summed E-state index contributed by atoms with van der Waals surface area (Å²) in [4.78, 5) is 21.4. The van der Waals surface area contributed by atoms with Crippen LogP contribution in [0.2, 0.25) is 0 Å². The van der Waals surface area contributed by atoms with E-state index < -0.39 is 4.92 Å². The Kier molecular flexibility index (Phi) is 4.72. The Balaban J connectivity index is 1.69. The lowest BCUT2D eigenvalue weighted by Gasteiger charge is -2.29. The fourth-order valence-electron chi connectivity index (χ4n) is 3.11. The third-order valence-corrected chi connectivity index (χ3v) is 4.94. The number of nitro groups is 1. The van der Waals surface area contributed by atoms with Gasteiger partial charge in [0, 0.05) is 17.6 Å². The zero-order valence-electron chi connectivity index (χ0n) is 14.2. The van der Waals surface area contributed by atoms with E-state index in [1.54, 1.807) is 24.3 Å². The minimum Gasteiger partial charge on any atom is -0.434 e. The van der Waals surface area contributed by atoms with E-state index in [1.807, 2.05) is 23.1 Å². The van der Waals surface area contributed by atoms with Gasteiger partial charge in [-0.2, -0.15) is 4.98 Å². The van der Waals surface area contributed by atoms with E-state index in [4.69, 9.17) is 4.74 Å². The molecule has 0 bridgehead atoms. The Hall–Kier alpha value is -3.00. The molecule has 0 amide bonds. The van der Waals surface area contributed by atoms with E-state index in [-0.39, 0.29) is 17.4 Å². The highest BCUT2D eigenvalue weighted by atomic mass is 79.9. The van der Waals surface area contributed by atoms with Crippen molar-refractivity contribution in [2.75, 3.05) is 11.4 Å². The molecule has 0 spiro atoms. The maximum atomic E-state index is 11.8. The van der Waals surface area contributed by atoms with Crippen LogP contribution in [0.3, 0.4) is 0 Å². The van der Waals surface area contributed by atoms with Crippen molar-refractivity contribution in [2.24, 2.45) is 0 Å². The summed E-state index contributed by atoms with van der Waals surface area (Å²) in [6, 6.07) is 15.1. The molecule has 2 aromatic carbocycles. The number of rotatable bonds is 4. The molecule has 1 aromatic heterocycles. The number of fused-ring (bicyclic) bond motifs is 1. The van der Waals surface area contributed by atoms with Gasteiger partial charge < -0.3 is 9.64 Å². The second-order valence-electron chi connectivity index (χ2n) is 6.10. The van der Waals surface area contributed by atoms with Crippen molar-refractivity contribution in [3.05, 3.63) is 80.6 Å². The molecule has 3 aromatic rings. The summed E-state index contributed by atoms with van der Waals surface area (Å²) >= 11 is 3.35. The summed E-state index contributed by atoms with van der Waals surface area (Å²) in [5, 5.41) is 11.8. The molecule has 8 heteroatoms. The van der Waals surface area contributed by atoms with E-state index in [1.165, 1.54) is 11.9 Å². The molecule has 2 heterocycles. The molecule has 4 rings (SSSR count). The molecule has 136 valence electrons. The van der Waals surface area contributed by atoms with Gasteiger partial charge in [-0.25, -0.2) is 4.98 Å². The molecule has 27 heavy (non-hydrogen) atoms. The fraction of sp³-hybridized carbons (Fsp3) is 0.158. The van der Waals surface area contributed by atoms with Gasteiger partial charge in [-0.05, 0) is 41.8 Å². The van der Waals surface area contributed by atoms with Crippen LogP contribution >= 0.6 is 15.9 Å². The first-order valence-corrected chi connectivity index (χ1v) is 9.15. The van der Waals surface area contributed by atoms with Crippen molar-refractivity contribution in [3.8, 4) is 11.6 Å². The van der Waals surface area contributed by atoms with Crippen LogP contribution < -0.4 is 9.64 Å². The van der Waals surface area contributed by atoms with Crippen LogP contribution in [0.1, 0.15) is 11.1 Å². The van der Waals surface area contributed by atoms with E-state index in [0.29, 0.717) is 18.8 Å². The molecule has 0 unspecified atom stereocenters. The van der Waals surface area contributed by atoms with Crippen molar-refractivity contribution in [1.82, 2.24) is 9.97 Å². The Bertz CT molecular complexity index is 994. The highest BCUT2D eigenvalue weighted by Crippen LogP contribution is 2.37. The number of hydrogen-bond acceptors (Lipinski definition) is 6. The predicted molar refractivity (Wildman–Crippen MR) is 104 cm³/mol. The van der Waals surface area contributed by atoms with Crippen LogP contribution in [-0.4, -0.2) is 21.4 Å². The van der Waals surface area contributed by atoms with E-state index in [2.05, 4.69) is 32.0 Å². The summed E-state index contributed by atoms with van der Waals surface area (Å²) in [5.41, 5.74) is 2.18. The molecule has 0 radical (unpaired) electrons. The molecule has 7 nitrogen and oxygen atoms in total. The van der Waals surface area contributed by atoms with Gasteiger partial charge in [0.25, 0.3) is 0 Å². The lowest BCUT2D eigenvalue weighted by atomic mass is 10.00. The largest absolute Gasteiger partial charge is 0.434 e. The topological polar surface area (TPSA) is 81.4 Å². The second-order valence-corrected chi connectivity index (χ2v) is 7.02. The van der Waals surface area contributed by atoms with Gasteiger partial charge in [-0.1, -0.05) is 40.2 Å². The standard InChI is InChI=1S/C19H15BrN4O3/c20-15-5-7-16(8-6-15)27-19-17(24(25)26)18(21-12-22-19)23-10-9-13-3-1-2-4-14(13)11-23/h1-8,12H,9-11H2. The Morgan fingerprint density at radius 1 is 1.07 bits per heavy atom. The number of hydrogen-bond donors (Lipinski definition) is 0. The number of ether oxygens (including phenoxy) is 1. The molecular weight excluding hydrogens is 412 g/mol. The molecule has 0 aliphatic carbocycles. The van der Waals surface area contributed by atoms with Gasteiger partial charge in [-0.3, -0.25) is 10.1 Å². The number of nitrogens with zero attached hydrogens (tertiary/aromatic N) is 4. The zero-order chi connectivity index (χ0) is 18.8. The predicted octanol–water partition coefficient (Wildman–Crippen LogP) is 4.50. The molecule has 0 saturated carbocycles. The average molecular weight is 427 g/mol. The van der Waals surface area contributed by atoms with Gasteiger partial charge in [-0.15, -0.1) is 0 Å². The summed E-state index contributed by atoms with van der Waals surface area (Å²) in [6.07, 6.45) is 2.11. The number of halogens is 1. The quantitative estimate of drug-likeness (QED) is 0.451. The van der Waals surface area contributed by atoms with Crippen molar-refractivity contribution in [3.63, 3.8) is 0 Å². The molecule has 0 saturated heterocycles. The van der Waals surface area contributed by atoms with Crippen LogP contribution in [0.4, 0.5) is 11.5 Å². The van der Waals surface area contributed by atoms with Crippen molar-refractivity contribution in [1.29, 1.82) is 0 Å². The lowest BCUT2D eigenvalue weighted by molar-refractivity contribution is -0.385. The lowest BCUT2D eigenvalue weighted by Crippen LogP contribution is -2.31. The summed E-state index contributed by atoms with van der Waals surface area (Å²) < 4.78 is 6.58. The van der Waals surface area contributed by atoms with Gasteiger partial charge in [0.15, 0.2) is 0 Å². The Morgan fingerprint density at radius 3 is 2.56 bits per heavy atom. The van der Waals surface area contributed by atoms with Gasteiger partial charge in [0.2, 0.25) is 5.82 Å². The molecule has 0 fully saturated rings. The van der Waals surface area contributed by atoms with Crippen molar-refractivity contribution >= 4 is 27.4 Å². The zero-order valence-corrected chi connectivity index (χ0v) is 15.8. The SMILES string of the molecule is O=[N+]([O-])c1c(Oc2ccc(Br)cc2)ncnc1N1CCc2ccccc2C1. The molecular formula is C19H15BrN4O3. The van der Waals surface area contributed by atoms with Crippen LogP contribution in [0.25, 0.3) is 0 Å². The van der Waals surface area contributed by atoms with Crippen LogP contribution in [-0.2, 0) is 13.0 Å². The molecule has 1 aliphatic heterocycles. The van der Waals surface area contributed by atoms with Crippen LogP contribution in [0.5, 0.6) is 11.6 Å². The van der Waals surface area contributed by atoms with Gasteiger partial charge in [0.05, 0.1) is 4.92 Å². The van der Waals surface area contributed by atoms with Crippen molar-refractivity contribution in [2.45, 2.75) is 13.0 Å². The third kappa shape index (κ3) is 3.61. The first-order chi connectivity index (χ1) is 13.1. The summed E-state index contributed by atoms with van der Waals surface area (Å²) in [7, 11) is 0. The fourth-order valence-corrected chi connectivity index (χ4v) is 3.37. The molecule has 0 N–H and O–H groups in total. The minimum atomic E-state index is -0.482. The minimum absolute atomic E-state index is 0.0637. The van der Waals surface area contributed by atoms with E-state index >= 15 is 0 Å². The normalized spacial score (nSPS) is 13.1. The molecule has 0 atom stereocenters. The maximum absolute atomic E-state index is 11.8. The number of aromatic nitrogens is 2. The van der Waals surface area contributed by atoms with E-state index in [0.717, 1.165) is 16.5 Å². The summed E-state index contributed by atoms with van der Waals surface area (Å²) in [6.45, 7) is 1.21. The first-order valence-electron chi connectivity index (χ1n) is 8.36.